The van der Waals surface area contributed by atoms with E-state index >= 15 is 0 Å². The van der Waals surface area contributed by atoms with Crippen molar-refractivity contribution in [3.8, 4) is 5.75 Å². The van der Waals surface area contributed by atoms with Gasteiger partial charge in [-0.1, -0.05) is 0 Å². The largest absolute Gasteiger partial charge is 0.573 e. The molecule has 0 saturated heterocycles. The van der Waals surface area contributed by atoms with E-state index in [0.29, 0.717) is 0 Å². The lowest BCUT2D eigenvalue weighted by Crippen LogP contribution is -2.23. The molecule has 5 nitrogen and oxygen atoms in total. The minimum Gasteiger partial charge on any atom is -0.469 e. The lowest BCUT2D eigenvalue weighted by molar-refractivity contribution is -0.274. The summed E-state index contributed by atoms with van der Waals surface area (Å²) in [5, 5.41) is 0. The maximum Gasteiger partial charge on any atom is 0.573 e. The molecule has 0 spiro atoms. The van der Waals surface area contributed by atoms with Crippen molar-refractivity contribution in [2.24, 2.45) is 0 Å². The van der Waals surface area contributed by atoms with E-state index in [0.717, 1.165) is 13.2 Å². The molecule has 0 radical (unpaired) electrons. The van der Waals surface area contributed by atoms with E-state index in [4.69, 9.17) is 11.6 Å². The number of H-pyrrole nitrogens is 1. The number of carbonyl (C=O) groups excluding carboxylic acids is 1. The molecule has 0 atom stereocenters. The number of alkyl halides is 4. The van der Waals surface area contributed by atoms with E-state index in [1.165, 1.54) is 0 Å². The average Bonchev–Trinajstić information content (AvgIpc) is 2.26. The van der Waals surface area contributed by atoms with Crippen LogP contribution in [0.3, 0.4) is 0 Å². The lowest BCUT2D eigenvalue weighted by Gasteiger charge is -2.12. The van der Waals surface area contributed by atoms with Crippen LogP contribution in [0.1, 0.15) is 11.3 Å². The van der Waals surface area contributed by atoms with Gasteiger partial charge in [-0.2, -0.15) is 0 Å². The Bertz CT molecular complexity index is 526. The summed E-state index contributed by atoms with van der Waals surface area (Å²) in [7, 11) is 1.11. The predicted molar refractivity (Wildman–Crippen MR) is 59.0 cm³/mol. The molecule has 0 amide bonds. The van der Waals surface area contributed by atoms with E-state index in [1.807, 2.05) is 0 Å². The molecule has 0 unspecified atom stereocenters. The number of carbonyl (C=O) groups is 1. The zero-order chi connectivity index (χ0) is 14.6. The third-order valence-corrected chi connectivity index (χ3v) is 2.34. The van der Waals surface area contributed by atoms with Gasteiger partial charge in [-0.25, -0.2) is 0 Å². The molecule has 1 N–H and O–H groups in total. The number of nitrogens with one attached hydrogen (secondary N) is 1. The third kappa shape index (κ3) is 4.47. The quantitative estimate of drug-likeness (QED) is 0.679. The van der Waals surface area contributed by atoms with Crippen molar-refractivity contribution >= 4 is 17.6 Å². The number of pyridine rings is 1. The molecule has 1 aromatic heterocycles. The Hall–Kier alpha value is -1.70. The number of rotatable bonds is 4. The van der Waals surface area contributed by atoms with Crippen molar-refractivity contribution in [1.82, 2.24) is 4.98 Å². The van der Waals surface area contributed by atoms with E-state index in [9.17, 15) is 22.8 Å². The summed E-state index contributed by atoms with van der Waals surface area (Å²) >= 11 is 5.39. The number of esters is 1. The van der Waals surface area contributed by atoms with Crippen molar-refractivity contribution in [2.75, 3.05) is 7.11 Å². The summed E-state index contributed by atoms with van der Waals surface area (Å²) in [6, 6.07) is 0.892. The van der Waals surface area contributed by atoms with Crippen LogP contribution in [0.15, 0.2) is 10.9 Å². The summed E-state index contributed by atoms with van der Waals surface area (Å²) in [5.74, 6) is -1.91. The minimum atomic E-state index is -4.96. The molecule has 0 fully saturated rings. The number of hydrogen-bond acceptors (Lipinski definition) is 4. The number of methoxy groups -OCH3 is 1. The van der Waals surface area contributed by atoms with Gasteiger partial charge in [-0.15, -0.1) is 24.8 Å². The second-order valence-electron chi connectivity index (χ2n) is 3.40. The maximum absolute atomic E-state index is 12.2. The smallest absolute Gasteiger partial charge is 0.469 e. The summed E-state index contributed by atoms with van der Waals surface area (Å²) in [4.78, 5) is 24.7. The molecular weight excluding hydrogens is 291 g/mol. The Balaban J connectivity index is 3.18. The first-order valence-corrected chi connectivity index (χ1v) is 5.44. The molecule has 0 saturated carbocycles. The van der Waals surface area contributed by atoms with Crippen molar-refractivity contribution in [3.05, 3.63) is 27.7 Å². The Morgan fingerprint density at radius 1 is 1.47 bits per heavy atom. The summed E-state index contributed by atoms with van der Waals surface area (Å²) in [5.41, 5.74) is -1.28. The SMILES string of the molecule is COC(=O)Cc1cc(OC(F)(F)F)c(CCl)c(=O)[nH]1. The molecule has 0 aliphatic rings. The topological polar surface area (TPSA) is 68.4 Å². The van der Waals surface area contributed by atoms with Gasteiger partial charge in [0.15, 0.2) is 0 Å². The molecule has 0 bridgehead atoms. The summed E-state index contributed by atoms with van der Waals surface area (Å²) < 4.78 is 44.6. The fraction of sp³-hybridized carbons (Fsp3) is 0.400. The third-order valence-electron chi connectivity index (χ3n) is 2.07. The Morgan fingerprint density at radius 3 is 2.58 bits per heavy atom. The summed E-state index contributed by atoms with van der Waals surface area (Å²) in [6.45, 7) is 0. The van der Waals surface area contributed by atoms with Gasteiger partial charge < -0.3 is 14.5 Å². The van der Waals surface area contributed by atoms with Crippen LogP contribution in [-0.2, 0) is 21.8 Å². The van der Waals surface area contributed by atoms with Crippen molar-refractivity contribution < 1.29 is 27.4 Å². The Kier molecular flexibility index (Phi) is 4.82. The highest BCUT2D eigenvalue weighted by molar-refractivity contribution is 6.17. The Morgan fingerprint density at radius 2 is 2.11 bits per heavy atom. The first kappa shape index (κ1) is 15.4. The monoisotopic (exact) mass is 299 g/mol. The van der Waals surface area contributed by atoms with Crippen molar-refractivity contribution in [3.63, 3.8) is 0 Å². The first-order chi connectivity index (χ1) is 8.76. The number of halogens is 4. The fourth-order valence-corrected chi connectivity index (χ4v) is 1.53. The molecule has 1 aromatic rings. The van der Waals surface area contributed by atoms with Crippen LogP contribution < -0.4 is 10.3 Å². The van der Waals surface area contributed by atoms with Crippen molar-refractivity contribution in [1.29, 1.82) is 0 Å². The van der Waals surface area contributed by atoms with E-state index in [-0.39, 0.29) is 17.7 Å². The Labute approximate surface area is 110 Å². The second-order valence-corrected chi connectivity index (χ2v) is 3.67. The van der Waals surface area contributed by atoms with Crippen LogP contribution in [0, 0.1) is 0 Å². The molecule has 0 aliphatic heterocycles. The molecule has 9 heteroatoms. The molecule has 0 aliphatic carbocycles. The van der Waals surface area contributed by atoms with Gasteiger partial charge in [-0.05, 0) is 0 Å². The van der Waals surface area contributed by atoms with Gasteiger partial charge in [0.1, 0.15) is 5.75 Å². The minimum absolute atomic E-state index is 0.0648. The normalized spacial score (nSPS) is 11.2. The zero-order valence-electron chi connectivity index (χ0n) is 9.64. The van der Waals surface area contributed by atoms with Crippen molar-refractivity contribution in [2.45, 2.75) is 18.7 Å². The van der Waals surface area contributed by atoms with Crippen LogP contribution >= 0.6 is 11.6 Å². The molecule has 106 valence electrons. The molecule has 0 aromatic carbocycles. The van der Waals surface area contributed by atoms with Gasteiger partial charge >= 0.3 is 12.3 Å². The van der Waals surface area contributed by atoms with E-state index < -0.39 is 29.5 Å². The maximum atomic E-state index is 12.2. The molecular formula is C10H9ClF3NO4. The van der Waals surface area contributed by atoms with Gasteiger partial charge in [-0.3, -0.25) is 9.59 Å². The van der Waals surface area contributed by atoms with Crippen LogP contribution in [0.2, 0.25) is 0 Å². The number of ether oxygens (including phenoxy) is 2. The van der Waals surface area contributed by atoms with Crippen LogP contribution in [0.4, 0.5) is 13.2 Å². The van der Waals surface area contributed by atoms with Gasteiger partial charge in [0.2, 0.25) is 0 Å². The van der Waals surface area contributed by atoms with E-state index in [2.05, 4.69) is 14.5 Å². The average molecular weight is 300 g/mol. The zero-order valence-corrected chi connectivity index (χ0v) is 10.4. The first-order valence-electron chi connectivity index (χ1n) is 4.90. The van der Waals surface area contributed by atoms with Gasteiger partial charge in [0, 0.05) is 11.8 Å². The number of aromatic nitrogens is 1. The lowest BCUT2D eigenvalue weighted by atomic mass is 10.2. The molecule has 1 rings (SSSR count). The number of aromatic amines is 1. The van der Waals surface area contributed by atoms with Gasteiger partial charge in [0.05, 0.1) is 25.0 Å². The standard InChI is InChI=1S/C10H9ClF3NO4/c1-18-8(16)3-5-2-7(19-10(12,13)14)6(4-11)9(17)15-5/h2H,3-4H2,1H3,(H,15,17). The highest BCUT2D eigenvalue weighted by Gasteiger charge is 2.32. The highest BCUT2D eigenvalue weighted by Crippen LogP contribution is 2.26. The van der Waals surface area contributed by atoms with Crippen LogP contribution in [-0.4, -0.2) is 24.4 Å². The van der Waals surface area contributed by atoms with E-state index in [1.54, 1.807) is 0 Å². The second kappa shape index (κ2) is 5.96. The molecule has 19 heavy (non-hydrogen) atoms. The fourth-order valence-electron chi connectivity index (χ4n) is 1.28. The highest BCUT2D eigenvalue weighted by atomic mass is 35.5. The van der Waals surface area contributed by atoms with Crippen LogP contribution in [0.25, 0.3) is 0 Å². The van der Waals surface area contributed by atoms with Gasteiger partial charge in [0.25, 0.3) is 5.56 Å². The van der Waals surface area contributed by atoms with Crippen LogP contribution in [0.5, 0.6) is 5.75 Å². The predicted octanol–water partition coefficient (Wildman–Crippen LogP) is 1.73. The summed E-state index contributed by atoms with van der Waals surface area (Å²) in [6.07, 6.45) is -5.35. The number of hydrogen-bond donors (Lipinski definition) is 1. The molecule has 1 heterocycles.